The molecule has 0 unspecified atom stereocenters. The molecule has 0 bridgehead atoms. The molecule has 0 saturated carbocycles. The van der Waals surface area contributed by atoms with Gasteiger partial charge in [-0.2, -0.15) is 0 Å². The normalized spacial score (nSPS) is 4.12. The van der Waals surface area contributed by atoms with Crippen LogP contribution in [-0.4, -0.2) is 26.9 Å². The fraction of sp³-hybridized carbons (Fsp3) is 0. The van der Waals surface area contributed by atoms with E-state index in [4.69, 9.17) is 15.8 Å². The summed E-state index contributed by atoms with van der Waals surface area (Å²) in [5.74, 6) is 0. The average Bonchev–Trinajstić information content (AvgIpc) is 1.72. The molecule has 0 aromatic heterocycles. The second-order valence-electron chi connectivity index (χ2n) is 0.820. The first-order valence-corrected chi connectivity index (χ1v) is 6.48. The van der Waals surface area contributed by atoms with Gasteiger partial charge in [-0.1, -0.05) is 0 Å². The SMILES string of the molecule is N#[C][In]([C]#N)[C]#N.O. The van der Waals surface area contributed by atoms with Crippen molar-refractivity contribution < 1.29 is 5.48 Å². The van der Waals surface area contributed by atoms with Gasteiger partial charge in [-0.15, -0.1) is 0 Å². The molecule has 0 aromatic carbocycles. The van der Waals surface area contributed by atoms with E-state index in [-0.39, 0.29) is 5.48 Å². The molecular weight excluding hydrogens is 209 g/mol. The van der Waals surface area contributed by atoms with Gasteiger partial charge in [-0.3, -0.25) is 0 Å². The van der Waals surface area contributed by atoms with Crippen LogP contribution in [0.4, 0.5) is 0 Å². The van der Waals surface area contributed by atoms with Crippen LogP contribution in [0.25, 0.3) is 0 Å². The summed E-state index contributed by atoms with van der Waals surface area (Å²) in [5.41, 5.74) is 0. The van der Waals surface area contributed by atoms with E-state index >= 15 is 0 Å². The van der Waals surface area contributed by atoms with Crippen molar-refractivity contribution in [2.24, 2.45) is 0 Å². The third kappa shape index (κ3) is 3.49. The maximum atomic E-state index is 7.92. The van der Waals surface area contributed by atoms with Crippen LogP contribution in [0.1, 0.15) is 0 Å². The Morgan fingerprint density at radius 2 is 1.12 bits per heavy atom. The van der Waals surface area contributed by atoms with Gasteiger partial charge >= 0.3 is 48.7 Å². The Balaban J connectivity index is 0. The number of nitrogens with zero attached hydrogens (tertiary/aromatic N) is 3. The van der Waals surface area contributed by atoms with E-state index in [1.807, 2.05) is 0 Å². The first-order chi connectivity index (χ1) is 3.35. The van der Waals surface area contributed by atoms with Crippen LogP contribution in [0.2, 0.25) is 0 Å². The summed E-state index contributed by atoms with van der Waals surface area (Å²) in [7, 11) is 0. The van der Waals surface area contributed by atoms with E-state index in [9.17, 15) is 0 Å². The van der Waals surface area contributed by atoms with Crippen molar-refractivity contribution in [2.45, 2.75) is 0 Å². The molecule has 0 aliphatic carbocycles. The molecule has 4 nitrogen and oxygen atoms in total. The van der Waals surface area contributed by atoms with E-state index in [1.54, 1.807) is 11.5 Å². The Morgan fingerprint density at radius 1 is 0.875 bits per heavy atom. The minimum absolute atomic E-state index is 0. The average molecular weight is 211 g/mol. The summed E-state index contributed by atoms with van der Waals surface area (Å²) in [6, 6.07) is 0. The van der Waals surface area contributed by atoms with Gasteiger partial charge < -0.3 is 5.48 Å². The molecule has 38 valence electrons. The Bertz CT molecular complexity index is 137. The zero-order valence-corrected chi connectivity index (χ0v) is 7.21. The van der Waals surface area contributed by atoms with E-state index in [1.165, 1.54) is 0 Å². The predicted molar refractivity (Wildman–Crippen MR) is 26.2 cm³/mol. The molecule has 0 aromatic rings. The molecule has 0 amide bonds. The molecule has 0 aliphatic rings. The number of rotatable bonds is 0. The van der Waals surface area contributed by atoms with Gasteiger partial charge in [0.25, 0.3) is 0 Å². The van der Waals surface area contributed by atoms with E-state index in [0.29, 0.717) is 0 Å². The van der Waals surface area contributed by atoms with Crippen molar-refractivity contribution in [1.82, 2.24) is 0 Å². The van der Waals surface area contributed by atoms with Crippen LogP contribution in [0.15, 0.2) is 0 Å². The van der Waals surface area contributed by atoms with Gasteiger partial charge in [0.2, 0.25) is 0 Å². The molecule has 0 heterocycles. The number of hydrogen-bond donors (Lipinski definition) is 0. The van der Waals surface area contributed by atoms with Gasteiger partial charge in [0.15, 0.2) is 0 Å². The zero-order chi connectivity index (χ0) is 5.70. The summed E-state index contributed by atoms with van der Waals surface area (Å²) >= 11 is -2.85. The molecule has 8 heavy (non-hydrogen) atoms. The third-order valence-electron chi connectivity index (χ3n) is 0.387. The Hall–Kier alpha value is -0.700. The Morgan fingerprint density at radius 3 is 1.12 bits per heavy atom. The summed E-state index contributed by atoms with van der Waals surface area (Å²) < 4.78 is 5.07. The maximum Gasteiger partial charge on any atom is -0.412 e. The molecular formula is C3H2InN3O. The van der Waals surface area contributed by atoms with Gasteiger partial charge in [-0.25, -0.2) is 0 Å². The predicted octanol–water partition coefficient (Wildman–Crippen LogP) is -1.16. The van der Waals surface area contributed by atoms with Crippen LogP contribution in [0.5, 0.6) is 0 Å². The molecule has 2 N–H and O–H groups in total. The van der Waals surface area contributed by atoms with E-state index < -0.39 is 21.4 Å². The number of hydrogen-bond acceptors (Lipinski definition) is 3. The first-order valence-electron chi connectivity index (χ1n) is 1.54. The second-order valence-corrected chi connectivity index (χ2v) is 5.50. The molecule has 5 heteroatoms. The molecule has 0 spiro atoms. The minimum Gasteiger partial charge on any atom is -0.412 e. The van der Waals surface area contributed by atoms with Crippen molar-refractivity contribution >= 4 is 21.4 Å². The van der Waals surface area contributed by atoms with Crippen LogP contribution in [-0.2, 0) is 0 Å². The van der Waals surface area contributed by atoms with Crippen molar-refractivity contribution in [2.75, 3.05) is 0 Å². The van der Waals surface area contributed by atoms with E-state index in [0.717, 1.165) is 0 Å². The Kier molecular flexibility index (Phi) is 8.12. The van der Waals surface area contributed by atoms with Crippen LogP contribution >= 0.6 is 0 Å². The van der Waals surface area contributed by atoms with Crippen molar-refractivity contribution in [3.8, 4) is 11.5 Å². The zero-order valence-electron chi connectivity index (χ0n) is 3.92. The van der Waals surface area contributed by atoms with Gasteiger partial charge in [0.05, 0.1) is 0 Å². The fourth-order valence-corrected chi connectivity index (χ4v) is 0.581. The summed E-state index contributed by atoms with van der Waals surface area (Å²) in [4.78, 5) is 0. The first kappa shape index (κ1) is 10.3. The molecule has 0 atom stereocenters. The smallest absolute Gasteiger partial charge is 0.412 e. The monoisotopic (exact) mass is 211 g/mol. The number of nitriles is 3. The largest absolute Gasteiger partial charge is 0.412 e. The molecule has 0 rings (SSSR count). The topological polar surface area (TPSA) is 103 Å². The van der Waals surface area contributed by atoms with Gasteiger partial charge in [0, 0.05) is 0 Å². The minimum atomic E-state index is -2.85. The summed E-state index contributed by atoms with van der Waals surface area (Å²) in [6.45, 7) is 0. The van der Waals surface area contributed by atoms with Crippen LogP contribution in [0, 0.1) is 27.3 Å². The van der Waals surface area contributed by atoms with Gasteiger partial charge in [-0.05, 0) is 0 Å². The standard InChI is InChI=1S/3CN.In.H2O/c3*1-2;;/h;;;;1H2. The summed E-state index contributed by atoms with van der Waals surface area (Å²) in [5, 5.41) is 23.8. The molecule has 0 fully saturated rings. The van der Waals surface area contributed by atoms with E-state index in [2.05, 4.69) is 0 Å². The molecule has 0 radical (unpaired) electrons. The quantitative estimate of drug-likeness (QED) is 0.504. The van der Waals surface area contributed by atoms with Gasteiger partial charge in [0.1, 0.15) is 0 Å². The van der Waals surface area contributed by atoms with Crippen LogP contribution < -0.4 is 0 Å². The van der Waals surface area contributed by atoms with Crippen LogP contribution in [0.3, 0.4) is 0 Å². The van der Waals surface area contributed by atoms with Crippen molar-refractivity contribution in [1.29, 1.82) is 15.8 Å². The Labute approximate surface area is 54.4 Å². The molecule has 0 aliphatic heterocycles. The van der Waals surface area contributed by atoms with Crippen molar-refractivity contribution in [3.05, 3.63) is 0 Å². The maximum absolute atomic E-state index is 7.92. The fourth-order valence-electron chi connectivity index (χ4n) is 0.0866. The van der Waals surface area contributed by atoms with Crippen molar-refractivity contribution in [3.63, 3.8) is 0 Å². The summed E-state index contributed by atoms with van der Waals surface area (Å²) in [6.07, 6.45) is 0. The third-order valence-corrected chi connectivity index (χ3v) is 2.60. The molecule has 0 saturated heterocycles. The second kappa shape index (κ2) is 6.30.